The number of rotatable bonds is 4. The fourth-order valence-corrected chi connectivity index (χ4v) is 5.53. The molecule has 0 unspecified atom stereocenters. The lowest BCUT2D eigenvalue weighted by atomic mass is 9.92. The number of hydrogen-bond acceptors (Lipinski definition) is 4. The van der Waals surface area contributed by atoms with Crippen LogP contribution in [0.1, 0.15) is 58.5 Å². The minimum Gasteiger partial charge on any atom is -0.342 e. The van der Waals surface area contributed by atoms with Gasteiger partial charge in [-0.05, 0) is 56.2 Å². The third-order valence-electron chi connectivity index (χ3n) is 6.53. The van der Waals surface area contributed by atoms with E-state index in [0.717, 1.165) is 55.0 Å². The van der Waals surface area contributed by atoms with Crippen LogP contribution >= 0.6 is 11.3 Å². The van der Waals surface area contributed by atoms with Gasteiger partial charge in [-0.1, -0.05) is 19.1 Å². The lowest BCUT2D eigenvalue weighted by Crippen LogP contribution is -2.46. The Bertz CT molecular complexity index is 927. The molecule has 5 nitrogen and oxygen atoms in total. The van der Waals surface area contributed by atoms with Crippen molar-refractivity contribution < 1.29 is 14.0 Å². The second-order valence-electron chi connectivity index (χ2n) is 8.90. The van der Waals surface area contributed by atoms with E-state index in [2.05, 4.69) is 11.9 Å². The summed E-state index contributed by atoms with van der Waals surface area (Å²) in [5, 5.41) is 0.858. The van der Waals surface area contributed by atoms with Gasteiger partial charge in [-0.3, -0.25) is 9.59 Å². The average Bonchev–Trinajstić information content (AvgIpc) is 3.15. The number of piperidine rings is 2. The second-order valence-corrected chi connectivity index (χ2v) is 9.98. The maximum Gasteiger partial charge on any atom is 0.265 e. The van der Waals surface area contributed by atoms with Crippen molar-refractivity contribution in [3.63, 3.8) is 0 Å². The fraction of sp³-hybridized carbons (Fsp3) is 0.542. The molecule has 0 atom stereocenters. The van der Waals surface area contributed by atoms with Crippen LogP contribution in [0.15, 0.2) is 24.3 Å². The molecule has 0 aliphatic carbocycles. The van der Waals surface area contributed by atoms with Crippen LogP contribution in [-0.4, -0.2) is 52.8 Å². The van der Waals surface area contributed by atoms with Crippen molar-refractivity contribution in [1.82, 2.24) is 14.8 Å². The molecule has 0 radical (unpaired) electrons. The van der Waals surface area contributed by atoms with E-state index in [9.17, 15) is 14.0 Å². The smallest absolute Gasteiger partial charge is 0.265 e. The van der Waals surface area contributed by atoms with Gasteiger partial charge in [0.15, 0.2) is 0 Å². The van der Waals surface area contributed by atoms with E-state index >= 15 is 0 Å². The maximum atomic E-state index is 13.1. The first-order valence-corrected chi connectivity index (χ1v) is 12.0. The highest BCUT2D eigenvalue weighted by Crippen LogP contribution is 2.27. The van der Waals surface area contributed by atoms with Crippen molar-refractivity contribution in [2.75, 3.05) is 26.2 Å². The monoisotopic (exact) mass is 443 g/mol. The van der Waals surface area contributed by atoms with Gasteiger partial charge in [0.05, 0.1) is 10.7 Å². The summed E-state index contributed by atoms with van der Waals surface area (Å²) in [6, 6.07) is 6.38. The molecule has 2 fully saturated rings. The molecule has 0 spiro atoms. The Kier molecular flexibility index (Phi) is 6.70. The molecule has 31 heavy (non-hydrogen) atoms. The zero-order valence-corrected chi connectivity index (χ0v) is 19.1. The molecule has 4 rings (SSSR count). The fourth-order valence-electron chi connectivity index (χ4n) is 4.46. The van der Waals surface area contributed by atoms with Crippen LogP contribution in [0, 0.1) is 24.6 Å². The molecule has 0 saturated carbocycles. The van der Waals surface area contributed by atoms with Gasteiger partial charge in [0, 0.05) is 38.5 Å². The minimum absolute atomic E-state index is 0.0121. The Balaban J connectivity index is 1.34. The number of thiazole rings is 1. The summed E-state index contributed by atoms with van der Waals surface area (Å²) < 4.78 is 13.1. The van der Waals surface area contributed by atoms with Gasteiger partial charge in [0.2, 0.25) is 5.91 Å². The Morgan fingerprint density at radius 3 is 2.29 bits per heavy atom. The molecular formula is C24H30FN3O2S. The molecule has 2 amide bonds. The van der Waals surface area contributed by atoms with Gasteiger partial charge in [0.1, 0.15) is 10.7 Å². The number of likely N-dealkylation sites (tertiary alicyclic amines) is 2. The second kappa shape index (κ2) is 9.47. The molecular weight excluding hydrogens is 413 g/mol. The lowest BCUT2D eigenvalue weighted by Gasteiger charge is -2.36. The van der Waals surface area contributed by atoms with Crippen LogP contribution in [0.4, 0.5) is 4.39 Å². The number of halogens is 1. The molecule has 166 valence electrons. The van der Waals surface area contributed by atoms with Crippen molar-refractivity contribution in [3.8, 4) is 0 Å². The summed E-state index contributed by atoms with van der Waals surface area (Å²) in [5.74, 6) is 0.771. The summed E-state index contributed by atoms with van der Waals surface area (Å²) in [6.07, 6.45) is 4.24. The highest BCUT2D eigenvalue weighted by atomic mass is 32.1. The van der Waals surface area contributed by atoms with Crippen LogP contribution in [-0.2, 0) is 11.2 Å². The number of aryl methyl sites for hydroxylation is 1. The van der Waals surface area contributed by atoms with Gasteiger partial charge in [-0.25, -0.2) is 9.37 Å². The van der Waals surface area contributed by atoms with E-state index in [1.54, 1.807) is 12.1 Å². The van der Waals surface area contributed by atoms with Gasteiger partial charge in [0.25, 0.3) is 5.91 Å². The van der Waals surface area contributed by atoms with Crippen molar-refractivity contribution in [3.05, 3.63) is 51.2 Å². The van der Waals surface area contributed by atoms with Crippen LogP contribution < -0.4 is 0 Å². The largest absolute Gasteiger partial charge is 0.342 e. The number of carbonyl (C=O) groups excluding carboxylic acids is 2. The van der Waals surface area contributed by atoms with Crippen LogP contribution in [0.25, 0.3) is 0 Å². The minimum atomic E-state index is -0.258. The van der Waals surface area contributed by atoms with Crippen molar-refractivity contribution >= 4 is 23.2 Å². The first kappa shape index (κ1) is 21.9. The molecule has 2 aliphatic heterocycles. The number of carbonyl (C=O) groups is 2. The van der Waals surface area contributed by atoms with Gasteiger partial charge < -0.3 is 9.80 Å². The third kappa shape index (κ3) is 5.14. The maximum absolute atomic E-state index is 13.1. The molecule has 0 bridgehead atoms. The normalized spacial score (nSPS) is 18.4. The summed E-state index contributed by atoms with van der Waals surface area (Å²) in [4.78, 5) is 35.1. The quantitative estimate of drug-likeness (QED) is 0.708. The number of hydrogen-bond donors (Lipinski definition) is 0. The van der Waals surface area contributed by atoms with Crippen molar-refractivity contribution in [1.29, 1.82) is 0 Å². The standard InChI is InChI=1S/C24H30FN3O2S/c1-16-7-11-27(12-8-16)23(29)19-9-13-28(14-10-19)24(30)22-17(2)26-21(31-22)15-18-3-5-20(25)6-4-18/h3-6,16,19H,7-15H2,1-2H3. The molecule has 1 aromatic heterocycles. The number of aromatic nitrogens is 1. The average molecular weight is 444 g/mol. The third-order valence-corrected chi connectivity index (χ3v) is 7.68. The predicted octanol–water partition coefficient (Wildman–Crippen LogP) is 4.29. The van der Waals surface area contributed by atoms with Gasteiger partial charge in [-0.15, -0.1) is 11.3 Å². The van der Waals surface area contributed by atoms with E-state index in [-0.39, 0.29) is 23.5 Å². The Morgan fingerprint density at radius 2 is 1.65 bits per heavy atom. The summed E-state index contributed by atoms with van der Waals surface area (Å²) >= 11 is 1.42. The molecule has 2 saturated heterocycles. The number of nitrogens with zero attached hydrogens (tertiary/aromatic N) is 3. The SMILES string of the molecule is Cc1nc(Cc2ccc(F)cc2)sc1C(=O)N1CCC(C(=O)N2CCC(C)CC2)CC1. The molecule has 2 aromatic rings. The summed E-state index contributed by atoms with van der Waals surface area (Å²) in [5.41, 5.74) is 1.72. The van der Waals surface area contributed by atoms with E-state index in [1.165, 1.54) is 23.5 Å². The molecule has 0 N–H and O–H groups in total. The predicted molar refractivity (Wildman–Crippen MR) is 120 cm³/mol. The van der Waals surface area contributed by atoms with E-state index in [1.807, 2.05) is 16.7 Å². The molecule has 1 aromatic carbocycles. The summed E-state index contributed by atoms with van der Waals surface area (Å²) in [7, 11) is 0. The van der Waals surface area contributed by atoms with Crippen LogP contribution in [0.2, 0.25) is 0 Å². The molecule has 2 aliphatic rings. The highest BCUT2D eigenvalue weighted by Gasteiger charge is 2.32. The Morgan fingerprint density at radius 1 is 1.03 bits per heavy atom. The topological polar surface area (TPSA) is 53.5 Å². The lowest BCUT2D eigenvalue weighted by molar-refractivity contribution is -0.138. The zero-order valence-electron chi connectivity index (χ0n) is 18.3. The molecule has 7 heteroatoms. The first-order valence-electron chi connectivity index (χ1n) is 11.2. The van der Waals surface area contributed by atoms with Gasteiger partial charge >= 0.3 is 0 Å². The number of amides is 2. The van der Waals surface area contributed by atoms with Gasteiger partial charge in [-0.2, -0.15) is 0 Å². The Hall–Kier alpha value is -2.28. The number of benzene rings is 1. The van der Waals surface area contributed by atoms with E-state index in [4.69, 9.17) is 0 Å². The van der Waals surface area contributed by atoms with Crippen LogP contribution in [0.3, 0.4) is 0 Å². The summed E-state index contributed by atoms with van der Waals surface area (Å²) in [6.45, 7) is 7.09. The zero-order chi connectivity index (χ0) is 22.0. The Labute approximate surface area is 187 Å². The van der Waals surface area contributed by atoms with Crippen LogP contribution in [0.5, 0.6) is 0 Å². The highest BCUT2D eigenvalue weighted by molar-refractivity contribution is 7.13. The van der Waals surface area contributed by atoms with Crippen molar-refractivity contribution in [2.45, 2.75) is 46.0 Å². The molecule has 3 heterocycles. The first-order chi connectivity index (χ1) is 14.9. The van der Waals surface area contributed by atoms with E-state index in [0.29, 0.717) is 30.3 Å². The van der Waals surface area contributed by atoms with E-state index < -0.39 is 0 Å². The van der Waals surface area contributed by atoms with Crippen molar-refractivity contribution in [2.24, 2.45) is 11.8 Å².